The third-order valence-electron chi connectivity index (χ3n) is 8.94. The van der Waals surface area contributed by atoms with Crippen molar-refractivity contribution in [1.29, 1.82) is 0 Å². The first-order chi connectivity index (χ1) is 20.0. The standard InChI is InChI=1S/C34H56N4O4S2/c1-12-38(33(6,7)8)44(41,42)29-19-18-26(20-27(29)32(3,4)5)28-21-30(43(11,40)36-23-34(9,10)31(35)39)24(2)37(28)22-25-16-14-13-15-17-25/h18-21,25H,11-17,22-23H2,1-10H3,(H2,35,39)(H,36,40). The average molecular weight is 649 g/mol. The normalized spacial score (nSPS) is 17.2. The zero-order valence-electron chi connectivity index (χ0n) is 28.7. The van der Waals surface area contributed by atoms with E-state index in [0.717, 1.165) is 41.9 Å². The van der Waals surface area contributed by atoms with E-state index in [4.69, 9.17) is 5.73 Å². The predicted octanol–water partition coefficient (Wildman–Crippen LogP) is 6.24. The molecule has 8 nitrogen and oxygen atoms in total. The van der Waals surface area contributed by atoms with E-state index in [0.29, 0.717) is 22.3 Å². The number of hydrogen-bond donors (Lipinski definition) is 2. The number of rotatable bonds is 11. The Morgan fingerprint density at radius 2 is 1.59 bits per heavy atom. The van der Waals surface area contributed by atoms with Gasteiger partial charge in [-0.25, -0.2) is 17.3 Å². The highest BCUT2D eigenvalue weighted by Crippen LogP contribution is 2.38. The monoisotopic (exact) mass is 648 g/mol. The van der Waals surface area contributed by atoms with Crippen LogP contribution in [0.5, 0.6) is 0 Å². The molecule has 248 valence electrons. The molecule has 3 N–H and O–H groups in total. The molecule has 1 fully saturated rings. The SMILES string of the molecule is C=S(=O)(NCC(C)(C)C(N)=O)c1cc(-c2ccc(S(=O)(=O)N(CC)C(C)(C)C)c(C(C)(C)C)c2)n(CC2CCCCC2)c1C. The van der Waals surface area contributed by atoms with Gasteiger partial charge in [0.25, 0.3) is 0 Å². The summed E-state index contributed by atoms with van der Waals surface area (Å²) in [7, 11) is -6.78. The summed E-state index contributed by atoms with van der Waals surface area (Å²) in [6.07, 6.45) is 5.93. The van der Waals surface area contributed by atoms with Gasteiger partial charge in [-0.2, -0.15) is 4.31 Å². The number of carbonyl (C=O) groups excluding carboxylic acids is 1. The second kappa shape index (κ2) is 12.9. The summed E-state index contributed by atoms with van der Waals surface area (Å²) in [5.74, 6) is 4.09. The van der Waals surface area contributed by atoms with Gasteiger partial charge in [-0.05, 0) is 101 Å². The summed E-state index contributed by atoms with van der Waals surface area (Å²) in [6.45, 7) is 20.4. The molecule has 0 bridgehead atoms. The molecule has 0 spiro atoms. The molecule has 0 radical (unpaired) electrons. The van der Waals surface area contributed by atoms with Gasteiger partial charge in [0.15, 0.2) is 0 Å². The van der Waals surface area contributed by atoms with E-state index >= 15 is 0 Å². The fourth-order valence-corrected chi connectivity index (χ4v) is 9.96. The van der Waals surface area contributed by atoms with Crippen molar-refractivity contribution >= 4 is 31.5 Å². The highest BCUT2D eigenvalue weighted by Gasteiger charge is 2.36. The summed E-state index contributed by atoms with van der Waals surface area (Å²) >= 11 is 0. The van der Waals surface area contributed by atoms with Crippen molar-refractivity contribution in [3.8, 4) is 11.3 Å². The van der Waals surface area contributed by atoms with E-state index in [9.17, 15) is 17.4 Å². The third kappa shape index (κ3) is 7.80. The zero-order valence-corrected chi connectivity index (χ0v) is 30.3. The molecule has 2 aromatic rings. The van der Waals surface area contributed by atoms with Crippen molar-refractivity contribution < 1.29 is 17.4 Å². The summed E-state index contributed by atoms with van der Waals surface area (Å²) in [5, 5.41) is 0. The molecule has 1 aliphatic carbocycles. The molecule has 1 unspecified atom stereocenters. The number of primary amides is 1. The van der Waals surface area contributed by atoms with Crippen molar-refractivity contribution in [3.63, 3.8) is 0 Å². The van der Waals surface area contributed by atoms with Crippen molar-refractivity contribution in [2.24, 2.45) is 17.1 Å². The van der Waals surface area contributed by atoms with Gasteiger partial charge in [0.05, 0.1) is 24.9 Å². The van der Waals surface area contributed by atoms with Crippen molar-refractivity contribution in [1.82, 2.24) is 13.6 Å². The van der Waals surface area contributed by atoms with Gasteiger partial charge in [0, 0.05) is 36.6 Å². The largest absolute Gasteiger partial charge is 0.369 e. The smallest absolute Gasteiger partial charge is 0.243 e. The lowest BCUT2D eigenvalue weighted by Crippen LogP contribution is -2.45. The van der Waals surface area contributed by atoms with Crippen LogP contribution < -0.4 is 10.5 Å². The molecule has 44 heavy (non-hydrogen) atoms. The van der Waals surface area contributed by atoms with E-state index in [1.54, 1.807) is 24.2 Å². The molecule has 1 atom stereocenters. The molecule has 1 heterocycles. The Bertz CT molecular complexity index is 1570. The molecular formula is C34H56N4O4S2. The number of sulfonamides is 1. The van der Waals surface area contributed by atoms with Crippen LogP contribution >= 0.6 is 0 Å². The van der Waals surface area contributed by atoms with Crippen LogP contribution in [0.15, 0.2) is 34.1 Å². The molecule has 3 rings (SSSR count). The molecule has 0 aliphatic heterocycles. The molecular weight excluding hydrogens is 593 g/mol. The molecule has 0 saturated heterocycles. The molecule has 1 aromatic carbocycles. The van der Waals surface area contributed by atoms with Crippen LogP contribution in [0.25, 0.3) is 11.3 Å². The Kier molecular flexibility index (Phi) is 10.7. The zero-order chi connectivity index (χ0) is 33.5. The molecule has 1 aromatic heterocycles. The second-order valence-corrected chi connectivity index (χ2v) is 19.0. The maximum absolute atomic E-state index is 14.1. The highest BCUT2D eigenvalue weighted by atomic mass is 32.2. The van der Waals surface area contributed by atoms with Crippen LogP contribution in [-0.2, 0) is 36.5 Å². The van der Waals surface area contributed by atoms with Gasteiger partial charge in [0.2, 0.25) is 15.9 Å². The van der Waals surface area contributed by atoms with E-state index in [-0.39, 0.29) is 6.54 Å². The number of benzene rings is 1. The third-order valence-corrected chi connectivity index (χ3v) is 13.0. The Labute approximate surface area is 267 Å². The molecule has 10 heteroatoms. The molecule has 1 saturated carbocycles. The van der Waals surface area contributed by atoms with E-state index < -0.39 is 42.0 Å². The predicted molar refractivity (Wildman–Crippen MR) is 184 cm³/mol. The molecule has 1 amide bonds. The van der Waals surface area contributed by atoms with Gasteiger partial charge < -0.3 is 10.3 Å². The molecule has 1 aliphatic rings. The first kappa shape index (κ1) is 36.3. The van der Waals surface area contributed by atoms with Crippen LogP contribution in [0, 0.1) is 18.3 Å². The Morgan fingerprint density at radius 1 is 1.00 bits per heavy atom. The number of nitrogens with zero attached hydrogens (tertiary/aromatic N) is 2. The lowest BCUT2D eigenvalue weighted by atomic mass is 9.85. The summed E-state index contributed by atoms with van der Waals surface area (Å²) in [5.41, 5.74) is 6.98. The lowest BCUT2D eigenvalue weighted by molar-refractivity contribution is -0.125. The van der Waals surface area contributed by atoms with Crippen molar-refractivity contribution in [2.45, 2.75) is 129 Å². The van der Waals surface area contributed by atoms with Crippen LogP contribution in [-0.4, -0.2) is 51.9 Å². The van der Waals surface area contributed by atoms with Gasteiger partial charge >= 0.3 is 0 Å². The fourth-order valence-electron chi connectivity index (χ4n) is 6.14. The quantitative estimate of drug-likeness (QED) is 0.281. The van der Waals surface area contributed by atoms with E-state index in [1.165, 1.54) is 19.3 Å². The fraction of sp³-hybridized carbons (Fsp3) is 0.647. The first-order valence-corrected chi connectivity index (χ1v) is 19.0. The van der Waals surface area contributed by atoms with E-state index in [1.807, 2.05) is 73.6 Å². The van der Waals surface area contributed by atoms with Crippen LogP contribution in [0.2, 0.25) is 0 Å². The van der Waals surface area contributed by atoms with Gasteiger partial charge in [-0.3, -0.25) is 4.79 Å². The average Bonchev–Trinajstić information content (AvgIpc) is 3.23. The van der Waals surface area contributed by atoms with Gasteiger partial charge in [-0.1, -0.05) is 53.0 Å². The number of nitrogens with two attached hydrogens (primary N) is 1. The van der Waals surface area contributed by atoms with Crippen LogP contribution in [0.4, 0.5) is 0 Å². The van der Waals surface area contributed by atoms with E-state index in [2.05, 4.69) is 15.2 Å². The summed E-state index contributed by atoms with van der Waals surface area (Å²) in [6, 6.07) is 7.54. The van der Waals surface area contributed by atoms with Crippen LogP contribution in [0.1, 0.15) is 106 Å². The maximum atomic E-state index is 14.1. The summed E-state index contributed by atoms with van der Waals surface area (Å²) < 4.78 is 49.1. The number of nitrogens with one attached hydrogen (secondary N) is 1. The number of aromatic nitrogens is 1. The second-order valence-electron chi connectivity index (χ2n) is 15.1. The van der Waals surface area contributed by atoms with Gasteiger partial charge in [0.1, 0.15) is 0 Å². The Hall–Kier alpha value is -2.14. The van der Waals surface area contributed by atoms with Gasteiger partial charge in [-0.15, -0.1) is 0 Å². The van der Waals surface area contributed by atoms with Crippen molar-refractivity contribution in [2.75, 3.05) is 13.1 Å². The Balaban J connectivity index is 2.23. The first-order valence-electron chi connectivity index (χ1n) is 15.8. The number of carbonyl (C=O) groups is 1. The minimum absolute atomic E-state index is 0.121. The lowest BCUT2D eigenvalue weighted by Gasteiger charge is -2.35. The maximum Gasteiger partial charge on any atom is 0.243 e. The number of hydrogen-bond acceptors (Lipinski definition) is 4. The topological polar surface area (TPSA) is 114 Å². The van der Waals surface area contributed by atoms with Crippen molar-refractivity contribution in [3.05, 3.63) is 35.5 Å². The minimum Gasteiger partial charge on any atom is -0.369 e. The Morgan fingerprint density at radius 3 is 2.09 bits per heavy atom. The van der Waals surface area contributed by atoms with Crippen LogP contribution in [0.3, 0.4) is 0 Å². The highest BCUT2D eigenvalue weighted by molar-refractivity contribution is 7.98. The number of amides is 1. The minimum atomic E-state index is -3.79. The summed E-state index contributed by atoms with van der Waals surface area (Å²) in [4.78, 5) is 12.8.